The summed E-state index contributed by atoms with van der Waals surface area (Å²) in [5.74, 6) is -1.06. The molecule has 19 heteroatoms. The number of rotatable bonds is 6. The number of fused-ring (bicyclic) bond motifs is 2. The molecule has 2 fully saturated rings. The minimum atomic E-state index is -0.715. The second-order valence-electron chi connectivity index (χ2n) is 15.3. The molecule has 67 heavy (non-hydrogen) atoms. The van der Waals surface area contributed by atoms with Gasteiger partial charge in [0, 0.05) is 92.9 Å². The average Bonchev–Trinajstić information content (AvgIpc) is 3.33. The van der Waals surface area contributed by atoms with Gasteiger partial charge in [-0.2, -0.15) is 0 Å². The molecule has 0 saturated carbocycles. The minimum absolute atomic E-state index is 0.130. The highest BCUT2D eigenvalue weighted by Crippen LogP contribution is 2.39. The highest BCUT2D eigenvalue weighted by atomic mass is 79.9. The van der Waals surface area contributed by atoms with E-state index in [2.05, 4.69) is 76.9 Å². The van der Waals surface area contributed by atoms with Crippen molar-refractivity contribution in [1.82, 2.24) is 29.9 Å². The van der Waals surface area contributed by atoms with Crippen LogP contribution in [0.1, 0.15) is 11.1 Å². The van der Waals surface area contributed by atoms with Gasteiger partial charge in [0.25, 0.3) is 0 Å². The number of anilines is 5. The van der Waals surface area contributed by atoms with Gasteiger partial charge in [-0.25, -0.2) is 37.5 Å². The summed E-state index contributed by atoms with van der Waals surface area (Å²) in [6.07, 6.45) is 6.73. The van der Waals surface area contributed by atoms with E-state index in [0.717, 1.165) is 79.4 Å². The maximum atomic E-state index is 15.0. The van der Waals surface area contributed by atoms with E-state index in [1.807, 2.05) is 37.3 Å². The zero-order valence-electron chi connectivity index (χ0n) is 36.0. The Bertz CT molecular complexity index is 3060. The van der Waals surface area contributed by atoms with Gasteiger partial charge in [0.1, 0.15) is 34.9 Å². The van der Waals surface area contributed by atoms with Gasteiger partial charge in [-0.3, -0.25) is 9.97 Å². The molecule has 10 rings (SSSR count). The first-order valence-corrected chi connectivity index (χ1v) is 22.9. The maximum Gasteiger partial charge on any atom is 0.137 e. The lowest BCUT2D eigenvalue weighted by Gasteiger charge is -2.28. The number of benzene rings is 2. The van der Waals surface area contributed by atoms with Crippen LogP contribution in [0.5, 0.6) is 0 Å². The van der Waals surface area contributed by atoms with E-state index in [1.165, 1.54) is 6.07 Å². The van der Waals surface area contributed by atoms with Crippen LogP contribution in [0.2, 0.25) is 5.02 Å². The Balaban J connectivity index is 0.000000151. The van der Waals surface area contributed by atoms with Gasteiger partial charge in [0.2, 0.25) is 0 Å². The van der Waals surface area contributed by atoms with Crippen LogP contribution < -0.4 is 20.9 Å². The summed E-state index contributed by atoms with van der Waals surface area (Å²) < 4.78 is 68.5. The van der Waals surface area contributed by atoms with Gasteiger partial charge in [0.15, 0.2) is 0 Å². The number of aromatic nitrogens is 6. The standard InChI is InChI=1S/C24H20BrF2N5O.C15H9ClF2N2.C9H12BrN3O/c1-14-23(18-4-2-3-5-28-18)31-20-11-15(26)10-17(27)22(20)24(14)30-19-12-21(29-13-16(19)25)32-6-8-33-9-7-32;1-8-14(16)13-10(18)6-9(17)7-12(13)20-15(8)11-4-2-3-5-19-11;10-7-6-12-9(5-8(7)11)13-1-3-14-4-2-13/h2-5,10-13H,6-9H2,1H3,(H,29,30,31);2-7H,1H3;5-6H,1-4H2,(H2,11,12). The van der Waals surface area contributed by atoms with Crippen molar-refractivity contribution >= 4 is 94.0 Å². The van der Waals surface area contributed by atoms with Crippen molar-refractivity contribution in [3.8, 4) is 22.8 Å². The van der Waals surface area contributed by atoms with Crippen molar-refractivity contribution in [1.29, 1.82) is 0 Å². The lowest BCUT2D eigenvalue weighted by atomic mass is 10.0. The molecule has 8 heterocycles. The molecule has 8 aromatic rings. The average molecular weight is 1060 g/mol. The Hall–Kier alpha value is -6.05. The number of nitrogen functional groups attached to an aromatic ring is 1. The lowest BCUT2D eigenvalue weighted by molar-refractivity contribution is 0.122. The Morgan fingerprint density at radius 2 is 1.12 bits per heavy atom. The van der Waals surface area contributed by atoms with Crippen molar-refractivity contribution in [2.45, 2.75) is 13.8 Å². The van der Waals surface area contributed by atoms with Crippen molar-refractivity contribution < 1.29 is 27.0 Å². The van der Waals surface area contributed by atoms with Gasteiger partial charge in [-0.05, 0) is 75.5 Å². The Kier molecular flexibility index (Phi) is 15.1. The Morgan fingerprint density at radius 3 is 1.64 bits per heavy atom. The fourth-order valence-corrected chi connectivity index (χ4v) is 8.27. The molecule has 0 spiro atoms. The van der Waals surface area contributed by atoms with Crippen LogP contribution in [-0.4, -0.2) is 82.5 Å². The van der Waals surface area contributed by atoms with Gasteiger partial charge in [0.05, 0.1) is 102 Å². The second kappa shape index (κ2) is 21.3. The largest absolute Gasteiger partial charge is 0.398 e. The number of pyridine rings is 6. The molecule has 6 aromatic heterocycles. The van der Waals surface area contributed by atoms with E-state index in [1.54, 1.807) is 49.9 Å². The molecule has 0 atom stereocenters. The van der Waals surface area contributed by atoms with E-state index >= 15 is 4.39 Å². The van der Waals surface area contributed by atoms with Crippen molar-refractivity contribution in [2.75, 3.05) is 73.5 Å². The zero-order chi connectivity index (χ0) is 47.2. The zero-order valence-corrected chi connectivity index (χ0v) is 39.9. The molecule has 0 aliphatic carbocycles. The molecular weight excluding hydrogens is 1020 g/mol. The fraction of sp³-hybridized carbons (Fsp3) is 0.208. The molecule has 2 aliphatic heterocycles. The van der Waals surface area contributed by atoms with Crippen LogP contribution in [0.15, 0.2) is 107 Å². The Labute approximate surface area is 404 Å². The molecule has 2 saturated heterocycles. The number of nitrogens with zero attached hydrogens (tertiary/aromatic N) is 8. The number of hydrogen-bond donors (Lipinski definition) is 2. The number of ether oxygens (including phenoxy) is 2. The number of nitrogens with one attached hydrogen (secondary N) is 1. The molecule has 2 aromatic carbocycles. The molecule has 0 bridgehead atoms. The summed E-state index contributed by atoms with van der Waals surface area (Å²) in [4.78, 5) is 30.6. The first-order chi connectivity index (χ1) is 32.4. The van der Waals surface area contributed by atoms with Crippen LogP contribution in [0.3, 0.4) is 0 Å². The van der Waals surface area contributed by atoms with Gasteiger partial charge in [-0.15, -0.1) is 0 Å². The van der Waals surface area contributed by atoms with Crippen LogP contribution in [0.25, 0.3) is 44.6 Å². The van der Waals surface area contributed by atoms with Gasteiger partial charge < -0.3 is 30.3 Å². The monoisotopic (exact) mass is 1060 g/mol. The molecule has 0 amide bonds. The Morgan fingerprint density at radius 1 is 0.627 bits per heavy atom. The molecule has 0 unspecified atom stereocenters. The van der Waals surface area contributed by atoms with Crippen molar-refractivity contribution in [3.63, 3.8) is 0 Å². The topological polar surface area (TPSA) is 140 Å². The normalized spacial score (nSPS) is 13.7. The molecule has 0 radical (unpaired) electrons. The summed E-state index contributed by atoms with van der Waals surface area (Å²) in [5, 5.41) is 3.93. The van der Waals surface area contributed by atoms with E-state index in [4.69, 9.17) is 26.8 Å². The molecule has 12 nitrogen and oxygen atoms in total. The lowest BCUT2D eigenvalue weighted by Crippen LogP contribution is -2.36. The third-order valence-corrected chi connectivity index (χ3v) is 12.6. The highest BCUT2D eigenvalue weighted by molar-refractivity contribution is 9.11. The van der Waals surface area contributed by atoms with Crippen LogP contribution in [0, 0.1) is 37.1 Å². The number of halogens is 7. The van der Waals surface area contributed by atoms with E-state index < -0.39 is 23.3 Å². The predicted octanol–water partition coefficient (Wildman–Crippen LogP) is 11.4. The fourth-order valence-electron chi connectivity index (χ4n) is 7.46. The number of nitrogens with two attached hydrogens (primary N) is 1. The summed E-state index contributed by atoms with van der Waals surface area (Å²) in [7, 11) is 0. The maximum absolute atomic E-state index is 15.0. The molecular formula is C48H41Br2ClF4N10O2. The molecule has 344 valence electrons. The third-order valence-electron chi connectivity index (χ3n) is 10.9. The summed E-state index contributed by atoms with van der Waals surface area (Å²) >= 11 is 13.1. The first-order valence-electron chi connectivity index (χ1n) is 20.9. The van der Waals surface area contributed by atoms with Crippen LogP contribution in [-0.2, 0) is 9.47 Å². The van der Waals surface area contributed by atoms with E-state index in [0.29, 0.717) is 63.0 Å². The summed E-state index contributed by atoms with van der Waals surface area (Å²) in [6, 6.07) is 18.7. The summed E-state index contributed by atoms with van der Waals surface area (Å²) in [5.41, 5.74) is 11.7. The van der Waals surface area contributed by atoms with E-state index in [-0.39, 0.29) is 26.8 Å². The van der Waals surface area contributed by atoms with Gasteiger partial charge >= 0.3 is 0 Å². The van der Waals surface area contributed by atoms with Crippen LogP contribution in [0.4, 0.5) is 46.3 Å². The SMILES string of the molecule is Cc1c(-c2ccccn2)nc2cc(F)cc(F)c2c1Cl.Cc1c(-c2ccccn2)nc2cc(F)cc(F)c2c1Nc1cc(N2CCOCC2)ncc1Br.Nc1cc(N2CCOCC2)ncc1Br. The van der Waals surface area contributed by atoms with Crippen molar-refractivity contribution in [3.05, 3.63) is 146 Å². The number of morpholine rings is 2. The minimum Gasteiger partial charge on any atom is -0.398 e. The van der Waals surface area contributed by atoms with Gasteiger partial charge in [-0.1, -0.05) is 23.7 Å². The number of hydrogen-bond acceptors (Lipinski definition) is 12. The molecule has 2 aliphatic rings. The first kappa shape index (κ1) is 47.4. The smallest absolute Gasteiger partial charge is 0.137 e. The quantitative estimate of drug-likeness (QED) is 0.153. The van der Waals surface area contributed by atoms with Crippen LogP contribution >= 0.6 is 43.5 Å². The highest BCUT2D eigenvalue weighted by Gasteiger charge is 2.21. The molecule has 3 N–H and O–H groups in total. The second-order valence-corrected chi connectivity index (χ2v) is 17.4. The predicted molar refractivity (Wildman–Crippen MR) is 262 cm³/mol. The van der Waals surface area contributed by atoms with Crippen molar-refractivity contribution in [2.24, 2.45) is 0 Å². The third kappa shape index (κ3) is 10.9. The van der Waals surface area contributed by atoms with E-state index in [9.17, 15) is 13.2 Å². The summed E-state index contributed by atoms with van der Waals surface area (Å²) in [6.45, 7) is 9.63.